The first-order valence-electron chi connectivity index (χ1n) is 6.31. The predicted octanol–water partition coefficient (Wildman–Crippen LogP) is 1.03. The lowest BCUT2D eigenvalue weighted by Crippen LogP contribution is -2.46. The first-order valence-corrected chi connectivity index (χ1v) is 6.69. The van der Waals surface area contributed by atoms with E-state index in [2.05, 4.69) is 10.3 Å². The second-order valence-electron chi connectivity index (χ2n) is 4.59. The van der Waals surface area contributed by atoms with Gasteiger partial charge in [-0.05, 0) is 24.5 Å². The van der Waals surface area contributed by atoms with Gasteiger partial charge in [-0.25, -0.2) is 9.78 Å². The zero-order chi connectivity index (χ0) is 14.5. The van der Waals surface area contributed by atoms with Crippen molar-refractivity contribution in [2.75, 3.05) is 6.61 Å². The lowest BCUT2D eigenvalue weighted by molar-refractivity contribution is -0.143. The van der Waals surface area contributed by atoms with Gasteiger partial charge >= 0.3 is 5.97 Å². The van der Waals surface area contributed by atoms with Gasteiger partial charge in [-0.15, -0.1) is 0 Å². The van der Waals surface area contributed by atoms with E-state index in [4.69, 9.17) is 16.3 Å². The zero-order valence-electron chi connectivity index (χ0n) is 10.7. The van der Waals surface area contributed by atoms with Gasteiger partial charge in [-0.2, -0.15) is 0 Å². The maximum atomic E-state index is 11.9. The topological polar surface area (TPSA) is 88.5 Å². The van der Waals surface area contributed by atoms with Crippen molar-refractivity contribution in [1.82, 2.24) is 10.3 Å². The molecular weight excluding hydrogens is 284 g/mol. The minimum atomic E-state index is -1.09. The Morgan fingerprint density at radius 1 is 1.55 bits per heavy atom. The highest BCUT2D eigenvalue weighted by Gasteiger charge is 2.28. The molecule has 1 aromatic rings. The summed E-state index contributed by atoms with van der Waals surface area (Å²) < 4.78 is 5.23. The van der Waals surface area contributed by atoms with Crippen LogP contribution in [0.2, 0.25) is 5.15 Å². The Balaban J connectivity index is 1.98. The summed E-state index contributed by atoms with van der Waals surface area (Å²) in [4.78, 5) is 27.0. The number of hydrogen-bond acceptors (Lipinski definition) is 4. The van der Waals surface area contributed by atoms with Gasteiger partial charge in [0, 0.05) is 19.2 Å². The largest absolute Gasteiger partial charge is 0.480 e. The van der Waals surface area contributed by atoms with Crippen LogP contribution in [0.1, 0.15) is 18.4 Å². The Morgan fingerprint density at radius 3 is 2.90 bits per heavy atom. The van der Waals surface area contributed by atoms with Crippen molar-refractivity contribution >= 4 is 23.5 Å². The Labute approximate surface area is 121 Å². The maximum absolute atomic E-state index is 11.9. The molecule has 2 N–H and O–H groups in total. The lowest BCUT2D eigenvalue weighted by Gasteiger charge is -2.17. The third kappa shape index (κ3) is 3.91. The number of carbonyl (C=O) groups excluding carboxylic acids is 1. The molecule has 0 aliphatic carbocycles. The number of amides is 1. The smallest absolute Gasteiger partial charge is 0.326 e. The summed E-state index contributed by atoms with van der Waals surface area (Å²) in [6, 6.07) is 2.26. The number of nitrogens with zero attached hydrogens (tertiary/aromatic N) is 1. The van der Waals surface area contributed by atoms with E-state index in [-0.39, 0.29) is 12.3 Å². The summed E-state index contributed by atoms with van der Waals surface area (Å²) in [6.07, 6.45) is 2.55. The van der Waals surface area contributed by atoms with Crippen molar-refractivity contribution in [2.45, 2.75) is 31.4 Å². The number of pyridine rings is 1. The van der Waals surface area contributed by atoms with Gasteiger partial charge in [-0.3, -0.25) is 4.79 Å². The van der Waals surface area contributed by atoms with Crippen molar-refractivity contribution in [3.8, 4) is 0 Å². The van der Waals surface area contributed by atoms with E-state index in [0.717, 1.165) is 6.42 Å². The minimum absolute atomic E-state index is 0.151. The molecule has 1 saturated heterocycles. The molecule has 7 heteroatoms. The average molecular weight is 299 g/mol. The van der Waals surface area contributed by atoms with E-state index in [0.29, 0.717) is 23.7 Å². The van der Waals surface area contributed by atoms with Crippen LogP contribution in [0.25, 0.3) is 0 Å². The van der Waals surface area contributed by atoms with E-state index < -0.39 is 18.1 Å². The average Bonchev–Trinajstić information content (AvgIpc) is 2.94. The highest BCUT2D eigenvalue weighted by Crippen LogP contribution is 2.13. The van der Waals surface area contributed by atoms with E-state index in [1.54, 1.807) is 12.1 Å². The van der Waals surface area contributed by atoms with Crippen molar-refractivity contribution in [1.29, 1.82) is 0 Å². The molecule has 108 valence electrons. The SMILES string of the molecule is O=C(N[C@H](Cc1ccc(Cl)nc1)C(=O)O)[C@@H]1CCCO1. The molecule has 1 amide bonds. The number of carbonyl (C=O) groups is 2. The van der Waals surface area contributed by atoms with Gasteiger partial charge in [0.15, 0.2) is 0 Å². The Kier molecular flexibility index (Phi) is 4.92. The van der Waals surface area contributed by atoms with E-state index >= 15 is 0 Å². The van der Waals surface area contributed by atoms with Crippen molar-refractivity contribution in [3.63, 3.8) is 0 Å². The van der Waals surface area contributed by atoms with Crippen molar-refractivity contribution in [3.05, 3.63) is 29.0 Å². The van der Waals surface area contributed by atoms with Gasteiger partial charge in [0.25, 0.3) is 0 Å². The van der Waals surface area contributed by atoms with Crippen LogP contribution in [0.3, 0.4) is 0 Å². The summed E-state index contributed by atoms with van der Waals surface area (Å²) in [6.45, 7) is 0.539. The van der Waals surface area contributed by atoms with Gasteiger partial charge in [0.1, 0.15) is 17.3 Å². The minimum Gasteiger partial charge on any atom is -0.480 e. The van der Waals surface area contributed by atoms with E-state index in [9.17, 15) is 14.7 Å². The second kappa shape index (κ2) is 6.67. The molecule has 0 saturated carbocycles. The van der Waals surface area contributed by atoms with Crippen molar-refractivity contribution < 1.29 is 19.4 Å². The third-order valence-corrected chi connectivity index (χ3v) is 3.29. The van der Waals surface area contributed by atoms with Crippen LogP contribution in [0, 0.1) is 0 Å². The van der Waals surface area contributed by atoms with Crippen LogP contribution < -0.4 is 5.32 Å². The van der Waals surface area contributed by atoms with Crippen LogP contribution in [0.5, 0.6) is 0 Å². The molecule has 2 heterocycles. The first-order chi connectivity index (χ1) is 9.56. The molecule has 0 unspecified atom stereocenters. The number of aliphatic carboxylic acids is 1. The molecule has 1 aliphatic heterocycles. The number of nitrogens with one attached hydrogen (secondary N) is 1. The second-order valence-corrected chi connectivity index (χ2v) is 4.98. The molecule has 6 nitrogen and oxygen atoms in total. The Morgan fingerprint density at radius 2 is 2.35 bits per heavy atom. The fourth-order valence-corrected chi connectivity index (χ4v) is 2.12. The van der Waals surface area contributed by atoms with Gasteiger partial charge in [0.2, 0.25) is 5.91 Å². The quantitative estimate of drug-likeness (QED) is 0.793. The number of rotatable bonds is 5. The van der Waals surface area contributed by atoms with Crippen LogP contribution >= 0.6 is 11.6 Å². The summed E-state index contributed by atoms with van der Waals surface area (Å²) in [5, 5.41) is 12.0. The number of halogens is 1. The normalized spacial score (nSPS) is 19.6. The first kappa shape index (κ1) is 14.7. The molecule has 0 spiro atoms. The highest BCUT2D eigenvalue weighted by atomic mass is 35.5. The van der Waals surface area contributed by atoms with Crippen LogP contribution in [-0.2, 0) is 20.7 Å². The highest BCUT2D eigenvalue weighted by molar-refractivity contribution is 6.29. The molecule has 1 fully saturated rings. The number of aromatic nitrogens is 1. The molecule has 2 rings (SSSR count). The summed E-state index contributed by atoms with van der Waals surface area (Å²) in [5.74, 6) is -1.47. The Hall–Kier alpha value is -1.66. The molecule has 0 radical (unpaired) electrons. The standard InChI is InChI=1S/C13H15ClN2O4/c14-11-4-3-8(7-15-11)6-9(13(18)19)16-12(17)10-2-1-5-20-10/h3-4,7,9-10H,1-2,5-6H2,(H,16,17)(H,18,19)/t9-,10+/m1/s1. The predicted molar refractivity (Wildman–Crippen MR) is 71.5 cm³/mol. The van der Waals surface area contributed by atoms with E-state index in [1.165, 1.54) is 6.20 Å². The molecule has 0 bridgehead atoms. The molecule has 2 atom stereocenters. The number of carboxylic acids is 1. The Bertz CT molecular complexity index is 486. The fraction of sp³-hybridized carbons (Fsp3) is 0.462. The van der Waals surface area contributed by atoms with Crippen LogP contribution in [0.15, 0.2) is 18.3 Å². The number of carboxylic acid groups (broad SMARTS) is 1. The summed E-state index contributed by atoms with van der Waals surface area (Å²) in [7, 11) is 0. The van der Waals surface area contributed by atoms with Crippen LogP contribution in [-0.4, -0.2) is 40.7 Å². The molecular formula is C13H15ClN2O4. The van der Waals surface area contributed by atoms with Gasteiger partial charge < -0.3 is 15.2 Å². The molecule has 1 aromatic heterocycles. The zero-order valence-corrected chi connectivity index (χ0v) is 11.5. The third-order valence-electron chi connectivity index (χ3n) is 3.07. The molecule has 1 aliphatic rings. The molecule has 0 aromatic carbocycles. The number of hydrogen-bond donors (Lipinski definition) is 2. The summed E-state index contributed by atoms with van der Waals surface area (Å²) in [5.41, 5.74) is 0.689. The van der Waals surface area contributed by atoms with Gasteiger partial charge in [-0.1, -0.05) is 17.7 Å². The maximum Gasteiger partial charge on any atom is 0.326 e. The fourth-order valence-electron chi connectivity index (χ4n) is 2.01. The van der Waals surface area contributed by atoms with E-state index in [1.807, 2.05) is 0 Å². The van der Waals surface area contributed by atoms with Gasteiger partial charge in [0.05, 0.1) is 0 Å². The lowest BCUT2D eigenvalue weighted by atomic mass is 10.1. The van der Waals surface area contributed by atoms with Crippen LogP contribution in [0.4, 0.5) is 0 Å². The number of ether oxygens (including phenoxy) is 1. The summed E-state index contributed by atoms with van der Waals surface area (Å²) >= 11 is 5.67. The van der Waals surface area contributed by atoms with Crippen molar-refractivity contribution in [2.24, 2.45) is 0 Å². The molecule has 20 heavy (non-hydrogen) atoms. The monoisotopic (exact) mass is 298 g/mol.